The first-order valence-electron chi connectivity index (χ1n) is 5.50. The number of phenols is 1. The molecule has 0 aliphatic heterocycles. The van der Waals surface area contributed by atoms with E-state index in [1.54, 1.807) is 18.2 Å². The number of phenolic OH excluding ortho intramolecular Hbond substituents is 1. The van der Waals surface area contributed by atoms with E-state index in [4.69, 9.17) is 11.5 Å². The number of primary amides is 1. The molecule has 0 bridgehead atoms. The van der Waals surface area contributed by atoms with Crippen LogP contribution in [-0.4, -0.2) is 28.5 Å². The molecular weight excluding hydrogens is 218 g/mol. The molecule has 5 N–H and O–H groups in total. The van der Waals surface area contributed by atoms with Gasteiger partial charge in [0, 0.05) is 12.6 Å². The SMILES string of the molecule is CC(C)N(CC(N)=O)Cc1ccc(O)c(N)c1. The monoisotopic (exact) mass is 237 g/mol. The number of nitrogens with zero attached hydrogens (tertiary/aromatic N) is 1. The van der Waals surface area contributed by atoms with Crippen molar-refractivity contribution in [3.8, 4) is 5.75 Å². The minimum absolute atomic E-state index is 0.0692. The van der Waals surface area contributed by atoms with Gasteiger partial charge in [-0.05, 0) is 31.5 Å². The first-order valence-corrected chi connectivity index (χ1v) is 5.50. The van der Waals surface area contributed by atoms with Gasteiger partial charge in [0.25, 0.3) is 0 Å². The van der Waals surface area contributed by atoms with Crippen molar-refractivity contribution in [2.24, 2.45) is 5.73 Å². The molecule has 0 heterocycles. The van der Waals surface area contributed by atoms with Crippen LogP contribution in [0.5, 0.6) is 5.75 Å². The number of hydrogen-bond acceptors (Lipinski definition) is 4. The van der Waals surface area contributed by atoms with Crippen molar-refractivity contribution >= 4 is 11.6 Å². The van der Waals surface area contributed by atoms with Gasteiger partial charge in [0.15, 0.2) is 0 Å². The number of nitrogens with two attached hydrogens (primary N) is 2. The fourth-order valence-corrected chi connectivity index (χ4v) is 1.56. The molecule has 94 valence electrons. The average Bonchev–Trinajstić information content (AvgIpc) is 2.21. The van der Waals surface area contributed by atoms with E-state index < -0.39 is 0 Å². The molecule has 0 aromatic heterocycles. The number of carbonyl (C=O) groups is 1. The van der Waals surface area contributed by atoms with Gasteiger partial charge in [0.2, 0.25) is 5.91 Å². The van der Waals surface area contributed by atoms with Crippen molar-refractivity contribution in [1.29, 1.82) is 0 Å². The fourth-order valence-electron chi connectivity index (χ4n) is 1.56. The Morgan fingerprint density at radius 2 is 2.12 bits per heavy atom. The normalized spacial score (nSPS) is 11.1. The summed E-state index contributed by atoms with van der Waals surface area (Å²) >= 11 is 0. The van der Waals surface area contributed by atoms with Crippen LogP contribution in [0.15, 0.2) is 18.2 Å². The summed E-state index contributed by atoms with van der Waals surface area (Å²) in [5.41, 5.74) is 12.1. The maximum Gasteiger partial charge on any atom is 0.231 e. The molecule has 1 amide bonds. The highest BCUT2D eigenvalue weighted by Gasteiger charge is 2.13. The van der Waals surface area contributed by atoms with Crippen molar-refractivity contribution in [2.45, 2.75) is 26.4 Å². The predicted octanol–water partition coefficient (Wildman–Crippen LogP) is 0.670. The molecule has 0 saturated carbocycles. The number of amides is 1. The molecule has 17 heavy (non-hydrogen) atoms. The number of hydrogen-bond donors (Lipinski definition) is 3. The minimum Gasteiger partial charge on any atom is -0.506 e. The molecule has 1 aromatic rings. The molecule has 0 spiro atoms. The second-order valence-electron chi connectivity index (χ2n) is 4.36. The van der Waals surface area contributed by atoms with E-state index in [0.717, 1.165) is 5.56 Å². The number of anilines is 1. The van der Waals surface area contributed by atoms with E-state index >= 15 is 0 Å². The van der Waals surface area contributed by atoms with Crippen molar-refractivity contribution in [1.82, 2.24) is 4.90 Å². The predicted molar refractivity (Wildman–Crippen MR) is 67.3 cm³/mol. The van der Waals surface area contributed by atoms with Crippen LogP contribution in [0.3, 0.4) is 0 Å². The van der Waals surface area contributed by atoms with Gasteiger partial charge in [-0.25, -0.2) is 0 Å². The summed E-state index contributed by atoms with van der Waals surface area (Å²) in [6.45, 7) is 4.77. The first-order chi connectivity index (χ1) is 7.90. The highest BCUT2D eigenvalue weighted by molar-refractivity contribution is 5.75. The van der Waals surface area contributed by atoms with Gasteiger partial charge in [-0.1, -0.05) is 6.07 Å². The third kappa shape index (κ3) is 3.96. The van der Waals surface area contributed by atoms with Gasteiger partial charge in [0.1, 0.15) is 5.75 Å². The van der Waals surface area contributed by atoms with Crippen LogP contribution in [-0.2, 0) is 11.3 Å². The summed E-state index contributed by atoms with van der Waals surface area (Å²) in [6.07, 6.45) is 0. The van der Waals surface area contributed by atoms with E-state index in [2.05, 4.69) is 0 Å². The van der Waals surface area contributed by atoms with Crippen LogP contribution in [0.1, 0.15) is 19.4 Å². The summed E-state index contributed by atoms with van der Waals surface area (Å²) in [5.74, 6) is -0.287. The Balaban J connectivity index is 2.78. The Bertz CT molecular complexity index is 405. The molecule has 0 unspecified atom stereocenters. The second kappa shape index (κ2) is 5.54. The van der Waals surface area contributed by atoms with E-state index in [-0.39, 0.29) is 24.2 Å². The number of aromatic hydroxyl groups is 1. The lowest BCUT2D eigenvalue weighted by Crippen LogP contribution is -2.37. The number of rotatable bonds is 5. The van der Waals surface area contributed by atoms with Gasteiger partial charge in [-0.3, -0.25) is 9.69 Å². The van der Waals surface area contributed by atoms with E-state index in [0.29, 0.717) is 12.2 Å². The third-order valence-corrected chi connectivity index (χ3v) is 2.57. The summed E-state index contributed by atoms with van der Waals surface area (Å²) in [4.78, 5) is 12.9. The van der Waals surface area contributed by atoms with E-state index in [1.807, 2.05) is 18.7 Å². The third-order valence-electron chi connectivity index (χ3n) is 2.57. The lowest BCUT2D eigenvalue weighted by molar-refractivity contribution is -0.119. The van der Waals surface area contributed by atoms with Crippen LogP contribution in [0, 0.1) is 0 Å². The molecule has 5 heteroatoms. The van der Waals surface area contributed by atoms with Gasteiger partial charge < -0.3 is 16.6 Å². The molecule has 0 atom stereocenters. The van der Waals surface area contributed by atoms with E-state index in [9.17, 15) is 9.90 Å². The molecule has 1 rings (SSSR count). The smallest absolute Gasteiger partial charge is 0.231 e. The van der Waals surface area contributed by atoms with Crippen LogP contribution < -0.4 is 11.5 Å². The number of carbonyl (C=O) groups excluding carboxylic acids is 1. The zero-order valence-corrected chi connectivity index (χ0v) is 10.2. The average molecular weight is 237 g/mol. The summed E-state index contributed by atoms with van der Waals surface area (Å²) < 4.78 is 0. The Hall–Kier alpha value is -1.75. The van der Waals surface area contributed by atoms with Gasteiger partial charge in [0.05, 0.1) is 12.2 Å². The van der Waals surface area contributed by atoms with Crippen molar-refractivity contribution in [3.05, 3.63) is 23.8 Å². The highest BCUT2D eigenvalue weighted by atomic mass is 16.3. The molecule has 0 aliphatic carbocycles. The second-order valence-corrected chi connectivity index (χ2v) is 4.36. The maximum atomic E-state index is 10.9. The zero-order chi connectivity index (χ0) is 13.0. The maximum absolute atomic E-state index is 10.9. The highest BCUT2D eigenvalue weighted by Crippen LogP contribution is 2.21. The minimum atomic E-state index is -0.356. The summed E-state index contributed by atoms with van der Waals surface area (Å²) in [6, 6.07) is 5.24. The largest absolute Gasteiger partial charge is 0.506 e. The Morgan fingerprint density at radius 1 is 1.47 bits per heavy atom. The Labute approximate surface area is 101 Å². The quantitative estimate of drug-likeness (QED) is 0.518. The van der Waals surface area contributed by atoms with Crippen LogP contribution in [0.25, 0.3) is 0 Å². The standard InChI is InChI=1S/C12H19N3O2/c1-8(2)15(7-12(14)17)6-9-3-4-11(16)10(13)5-9/h3-5,8,16H,6-7,13H2,1-2H3,(H2,14,17). The van der Waals surface area contributed by atoms with E-state index in [1.165, 1.54) is 0 Å². The summed E-state index contributed by atoms with van der Waals surface area (Å²) in [5, 5.41) is 9.32. The molecule has 1 aromatic carbocycles. The van der Waals surface area contributed by atoms with Gasteiger partial charge >= 0.3 is 0 Å². The molecule has 5 nitrogen and oxygen atoms in total. The van der Waals surface area contributed by atoms with Gasteiger partial charge in [-0.15, -0.1) is 0 Å². The van der Waals surface area contributed by atoms with Crippen LogP contribution >= 0.6 is 0 Å². The lowest BCUT2D eigenvalue weighted by atomic mass is 10.1. The molecule has 0 aliphatic rings. The van der Waals surface area contributed by atoms with Crippen LogP contribution in [0.4, 0.5) is 5.69 Å². The Kier molecular flexibility index (Phi) is 4.34. The van der Waals surface area contributed by atoms with Crippen molar-refractivity contribution in [3.63, 3.8) is 0 Å². The molecular formula is C12H19N3O2. The molecule has 0 radical (unpaired) electrons. The number of nitrogen functional groups attached to an aromatic ring is 1. The van der Waals surface area contributed by atoms with Crippen molar-refractivity contribution in [2.75, 3.05) is 12.3 Å². The summed E-state index contributed by atoms with van der Waals surface area (Å²) in [7, 11) is 0. The van der Waals surface area contributed by atoms with Gasteiger partial charge in [-0.2, -0.15) is 0 Å². The molecule has 0 fully saturated rings. The molecule has 0 saturated heterocycles. The number of benzene rings is 1. The Morgan fingerprint density at radius 3 is 2.59 bits per heavy atom. The van der Waals surface area contributed by atoms with Crippen molar-refractivity contribution < 1.29 is 9.90 Å². The lowest BCUT2D eigenvalue weighted by Gasteiger charge is -2.25. The fraction of sp³-hybridized carbons (Fsp3) is 0.417. The zero-order valence-electron chi connectivity index (χ0n) is 10.2. The topological polar surface area (TPSA) is 92.6 Å². The first kappa shape index (κ1) is 13.3. The van der Waals surface area contributed by atoms with Crippen LogP contribution in [0.2, 0.25) is 0 Å².